The molecule has 1 heterocycles. The number of benzene rings is 1. The second-order valence-corrected chi connectivity index (χ2v) is 4.08. The van der Waals surface area contributed by atoms with E-state index in [0.29, 0.717) is 5.56 Å². The smallest absolute Gasteiger partial charge is 0.314 e. The third-order valence-corrected chi connectivity index (χ3v) is 2.64. The lowest BCUT2D eigenvalue weighted by Gasteiger charge is -2.00. The van der Waals surface area contributed by atoms with Gasteiger partial charge < -0.3 is 4.42 Å². The Bertz CT molecular complexity index is 513. The summed E-state index contributed by atoms with van der Waals surface area (Å²) in [5, 5.41) is 6.84. The Labute approximate surface area is 98.6 Å². The van der Waals surface area contributed by atoms with Crippen molar-refractivity contribution in [2.24, 2.45) is 0 Å². The zero-order chi connectivity index (χ0) is 11.7. The molecule has 0 unspecified atom stereocenters. The third-order valence-electron chi connectivity index (χ3n) is 1.98. The highest BCUT2D eigenvalue weighted by atomic mass is 79.9. The minimum atomic E-state index is -2.74. The highest BCUT2D eigenvalue weighted by Crippen LogP contribution is 2.29. The van der Waals surface area contributed by atoms with Gasteiger partial charge in [-0.3, -0.25) is 0 Å². The van der Waals surface area contributed by atoms with Gasteiger partial charge in [0.2, 0.25) is 5.89 Å². The normalized spacial score (nSPS) is 11.1. The largest absolute Gasteiger partial charge is 0.415 e. The molecule has 0 fully saturated rings. The number of halogens is 3. The molecule has 3 nitrogen and oxygen atoms in total. The first kappa shape index (κ1) is 11.2. The molecule has 0 aliphatic carbocycles. The molecule has 84 valence electrons. The topological polar surface area (TPSA) is 38.9 Å². The van der Waals surface area contributed by atoms with E-state index in [2.05, 4.69) is 26.1 Å². The monoisotopic (exact) mass is 288 g/mol. The van der Waals surface area contributed by atoms with Crippen LogP contribution in [-0.2, 0) is 0 Å². The summed E-state index contributed by atoms with van der Waals surface area (Å²) in [7, 11) is 0. The van der Waals surface area contributed by atoms with Crippen LogP contribution in [0.5, 0.6) is 0 Å². The van der Waals surface area contributed by atoms with Gasteiger partial charge in [-0.15, -0.1) is 10.2 Å². The summed E-state index contributed by atoms with van der Waals surface area (Å²) < 4.78 is 30.1. The van der Waals surface area contributed by atoms with Crippen LogP contribution in [-0.4, -0.2) is 10.2 Å². The molecule has 6 heteroatoms. The van der Waals surface area contributed by atoms with Crippen molar-refractivity contribution in [1.29, 1.82) is 0 Å². The number of rotatable bonds is 2. The highest BCUT2D eigenvalue weighted by molar-refractivity contribution is 9.10. The number of alkyl halides is 2. The van der Waals surface area contributed by atoms with E-state index in [4.69, 9.17) is 4.42 Å². The lowest BCUT2D eigenvalue weighted by Crippen LogP contribution is -1.81. The fraction of sp³-hybridized carbons (Fsp3) is 0.200. The van der Waals surface area contributed by atoms with E-state index in [-0.39, 0.29) is 5.89 Å². The van der Waals surface area contributed by atoms with Gasteiger partial charge in [0.15, 0.2) is 0 Å². The van der Waals surface area contributed by atoms with Crippen molar-refractivity contribution in [3.63, 3.8) is 0 Å². The molecule has 0 saturated heterocycles. The Morgan fingerprint density at radius 2 is 2.06 bits per heavy atom. The van der Waals surface area contributed by atoms with Crippen molar-refractivity contribution in [2.75, 3.05) is 0 Å². The molecule has 0 radical (unpaired) electrons. The van der Waals surface area contributed by atoms with Crippen molar-refractivity contribution >= 4 is 15.9 Å². The Hall–Kier alpha value is -1.30. The fourth-order valence-electron chi connectivity index (χ4n) is 1.23. The van der Waals surface area contributed by atoms with Crippen molar-refractivity contribution in [3.05, 3.63) is 34.1 Å². The summed E-state index contributed by atoms with van der Waals surface area (Å²) >= 11 is 3.31. The molecule has 1 aromatic carbocycles. The van der Waals surface area contributed by atoms with Gasteiger partial charge in [0, 0.05) is 4.47 Å². The van der Waals surface area contributed by atoms with Crippen LogP contribution >= 0.6 is 15.9 Å². The first-order valence-electron chi connectivity index (χ1n) is 4.46. The lowest BCUT2D eigenvalue weighted by atomic mass is 10.1. The van der Waals surface area contributed by atoms with Crippen molar-refractivity contribution < 1.29 is 13.2 Å². The first-order chi connectivity index (χ1) is 7.58. The maximum absolute atomic E-state index is 12.3. The second kappa shape index (κ2) is 4.29. The zero-order valence-electron chi connectivity index (χ0n) is 8.25. The maximum atomic E-state index is 12.3. The van der Waals surface area contributed by atoms with Gasteiger partial charge in [0.25, 0.3) is 5.89 Å². The minimum absolute atomic E-state index is 0.0853. The van der Waals surface area contributed by atoms with E-state index < -0.39 is 12.3 Å². The van der Waals surface area contributed by atoms with Crippen molar-refractivity contribution in [1.82, 2.24) is 10.2 Å². The van der Waals surface area contributed by atoms with Gasteiger partial charge in [-0.1, -0.05) is 6.07 Å². The van der Waals surface area contributed by atoms with E-state index in [9.17, 15) is 8.78 Å². The molecule has 2 aromatic rings. The van der Waals surface area contributed by atoms with Gasteiger partial charge >= 0.3 is 6.43 Å². The molecule has 0 saturated carbocycles. The molecule has 0 atom stereocenters. The van der Waals surface area contributed by atoms with Crippen LogP contribution in [0.15, 0.2) is 27.1 Å². The molecule has 16 heavy (non-hydrogen) atoms. The van der Waals surface area contributed by atoms with Crippen LogP contribution in [0, 0.1) is 6.92 Å². The molecule has 0 N–H and O–H groups in total. The third kappa shape index (κ3) is 2.11. The summed E-state index contributed by atoms with van der Waals surface area (Å²) in [5.74, 6) is -0.579. The van der Waals surface area contributed by atoms with E-state index in [1.165, 1.54) is 0 Å². The van der Waals surface area contributed by atoms with Gasteiger partial charge in [-0.25, -0.2) is 0 Å². The average Bonchev–Trinajstić information content (AvgIpc) is 2.66. The zero-order valence-corrected chi connectivity index (χ0v) is 9.83. The molecule has 0 spiro atoms. The Kier molecular flexibility index (Phi) is 3.00. The van der Waals surface area contributed by atoms with Crippen LogP contribution in [0.2, 0.25) is 0 Å². The molecule has 2 rings (SSSR count). The first-order valence-corrected chi connectivity index (χ1v) is 5.25. The molecule has 0 aliphatic heterocycles. The Morgan fingerprint density at radius 3 is 2.62 bits per heavy atom. The van der Waals surface area contributed by atoms with E-state index in [1.54, 1.807) is 6.07 Å². The molecular formula is C10H7BrF2N2O. The molecular weight excluding hydrogens is 282 g/mol. The number of aromatic nitrogens is 2. The predicted octanol–water partition coefficient (Wildman–Crippen LogP) is 3.75. The Morgan fingerprint density at radius 1 is 1.31 bits per heavy atom. The average molecular weight is 289 g/mol. The van der Waals surface area contributed by atoms with Crippen molar-refractivity contribution in [3.8, 4) is 11.5 Å². The summed E-state index contributed by atoms with van der Waals surface area (Å²) in [5.41, 5.74) is 1.65. The number of nitrogens with zero attached hydrogens (tertiary/aromatic N) is 2. The lowest BCUT2D eigenvalue weighted by molar-refractivity contribution is 0.116. The number of hydrogen-bond acceptors (Lipinski definition) is 3. The van der Waals surface area contributed by atoms with Crippen LogP contribution in [0.3, 0.4) is 0 Å². The van der Waals surface area contributed by atoms with Crippen molar-refractivity contribution in [2.45, 2.75) is 13.3 Å². The fourth-order valence-corrected chi connectivity index (χ4v) is 1.89. The summed E-state index contributed by atoms with van der Waals surface area (Å²) in [6.45, 7) is 1.92. The predicted molar refractivity (Wildman–Crippen MR) is 57.1 cm³/mol. The highest BCUT2D eigenvalue weighted by Gasteiger charge is 2.18. The standard InChI is InChI=1S/C10H7BrF2N2O/c1-5-2-3-6(7(11)4-5)9-14-15-10(16-9)8(12)13/h2-4,8H,1H3. The number of aryl methyl sites for hydroxylation is 1. The molecule has 1 aromatic heterocycles. The molecule has 0 bridgehead atoms. The van der Waals surface area contributed by atoms with Gasteiger partial charge in [-0.05, 0) is 40.5 Å². The van der Waals surface area contributed by atoms with Crippen LogP contribution in [0.1, 0.15) is 17.9 Å². The van der Waals surface area contributed by atoms with Crippen LogP contribution in [0.4, 0.5) is 8.78 Å². The van der Waals surface area contributed by atoms with E-state index in [0.717, 1.165) is 10.0 Å². The Balaban J connectivity index is 2.42. The quantitative estimate of drug-likeness (QED) is 0.845. The van der Waals surface area contributed by atoms with E-state index >= 15 is 0 Å². The van der Waals surface area contributed by atoms with Gasteiger partial charge in [0.1, 0.15) is 0 Å². The summed E-state index contributed by atoms with van der Waals surface area (Å²) in [6, 6.07) is 5.43. The molecule has 0 aliphatic rings. The number of hydrogen-bond donors (Lipinski definition) is 0. The maximum Gasteiger partial charge on any atom is 0.314 e. The molecule has 0 amide bonds. The summed E-state index contributed by atoms with van der Waals surface area (Å²) in [6.07, 6.45) is -2.74. The van der Waals surface area contributed by atoms with Gasteiger partial charge in [-0.2, -0.15) is 8.78 Å². The minimum Gasteiger partial charge on any atom is -0.415 e. The SMILES string of the molecule is Cc1ccc(-c2nnc(C(F)F)o2)c(Br)c1. The van der Waals surface area contributed by atoms with Crippen LogP contribution in [0.25, 0.3) is 11.5 Å². The summed E-state index contributed by atoms with van der Waals surface area (Å²) in [4.78, 5) is 0. The van der Waals surface area contributed by atoms with Gasteiger partial charge in [0.05, 0.1) is 5.56 Å². The van der Waals surface area contributed by atoms with Crippen LogP contribution < -0.4 is 0 Å². The van der Waals surface area contributed by atoms with E-state index in [1.807, 2.05) is 19.1 Å². The second-order valence-electron chi connectivity index (χ2n) is 3.23.